The van der Waals surface area contributed by atoms with Gasteiger partial charge in [0.1, 0.15) is 0 Å². The Morgan fingerprint density at radius 1 is 0.905 bits per heavy atom. The van der Waals surface area contributed by atoms with Crippen LogP contribution in [0.1, 0.15) is 19.3 Å². The molecular weight excluding hydrogens is 300 g/mol. The normalized spacial score (nSPS) is 11.3. The third-order valence-electron chi connectivity index (χ3n) is 3.62. The van der Waals surface area contributed by atoms with Gasteiger partial charge in [0.15, 0.2) is 0 Å². The van der Waals surface area contributed by atoms with Crippen molar-refractivity contribution in [3.63, 3.8) is 0 Å². The fourth-order valence-electron chi connectivity index (χ4n) is 2.50. The maximum absolute atomic E-state index is 10.6. The van der Waals surface area contributed by atoms with Crippen molar-refractivity contribution >= 4 is 34.8 Å². The molecule has 21 heavy (non-hydrogen) atoms. The zero-order valence-electron chi connectivity index (χ0n) is 11.8. The second-order valence-corrected chi connectivity index (χ2v) is 10.3. The summed E-state index contributed by atoms with van der Waals surface area (Å²) in [5.74, 6) is -0.740. The van der Waals surface area contributed by atoms with Gasteiger partial charge in [0, 0.05) is 6.42 Å². The molecule has 0 saturated heterocycles. The number of benzene rings is 2. The second kappa shape index (κ2) is 7.43. The number of unbranched alkanes of at least 4 members (excludes halogenated alkanes) is 1. The van der Waals surface area contributed by atoms with Crippen LogP contribution in [0.2, 0.25) is 6.04 Å². The Balaban J connectivity index is 2.21. The number of carbonyl (C=O) groups is 1. The SMILES string of the molecule is O=C(O)CCCC[Si](Cl)(c1ccccc1)c1ccccc1. The van der Waals surface area contributed by atoms with Gasteiger partial charge in [-0.15, -0.1) is 0 Å². The van der Waals surface area contributed by atoms with Gasteiger partial charge < -0.3 is 5.11 Å². The molecule has 2 aromatic carbocycles. The number of hydrogen-bond acceptors (Lipinski definition) is 1. The van der Waals surface area contributed by atoms with Gasteiger partial charge >= 0.3 is 5.97 Å². The van der Waals surface area contributed by atoms with E-state index in [9.17, 15) is 4.79 Å². The molecule has 0 fully saturated rings. The summed E-state index contributed by atoms with van der Waals surface area (Å²) in [5, 5.41) is 11.1. The average Bonchev–Trinajstić information content (AvgIpc) is 2.53. The Bertz CT molecular complexity index is 532. The molecule has 1 N–H and O–H groups in total. The molecule has 0 aliphatic rings. The van der Waals surface area contributed by atoms with Gasteiger partial charge in [-0.2, -0.15) is 11.1 Å². The molecule has 0 heterocycles. The average molecular weight is 319 g/mol. The largest absolute Gasteiger partial charge is 0.481 e. The molecule has 110 valence electrons. The molecule has 0 saturated carbocycles. The maximum atomic E-state index is 10.6. The minimum atomic E-state index is -2.29. The summed E-state index contributed by atoms with van der Waals surface area (Å²) >= 11 is 7.10. The molecule has 0 aliphatic heterocycles. The summed E-state index contributed by atoms with van der Waals surface area (Å²) in [4.78, 5) is 10.6. The lowest BCUT2D eigenvalue weighted by Crippen LogP contribution is -2.53. The van der Waals surface area contributed by atoms with E-state index in [0.29, 0.717) is 6.42 Å². The van der Waals surface area contributed by atoms with Crippen molar-refractivity contribution in [3.05, 3.63) is 60.7 Å². The van der Waals surface area contributed by atoms with Crippen LogP contribution in [-0.4, -0.2) is 18.5 Å². The number of carboxylic acid groups (broad SMARTS) is 1. The van der Waals surface area contributed by atoms with E-state index in [1.54, 1.807) is 0 Å². The lowest BCUT2D eigenvalue weighted by Gasteiger charge is -2.25. The molecular formula is C17H19ClO2Si. The second-order valence-electron chi connectivity index (χ2n) is 5.13. The summed E-state index contributed by atoms with van der Waals surface area (Å²) in [7, 11) is -2.29. The minimum Gasteiger partial charge on any atom is -0.481 e. The Morgan fingerprint density at radius 3 is 1.81 bits per heavy atom. The predicted molar refractivity (Wildman–Crippen MR) is 90.1 cm³/mol. The van der Waals surface area contributed by atoms with Gasteiger partial charge in [-0.3, -0.25) is 4.79 Å². The first kappa shape index (κ1) is 15.8. The van der Waals surface area contributed by atoms with Crippen LogP contribution in [0.15, 0.2) is 60.7 Å². The molecule has 0 amide bonds. The van der Waals surface area contributed by atoms with E-state index in [1.807, 2.05) is 36.4 Å². The first-order valence-electron chi connectivity index (χ1n) is 7.15. The van der Waals surface area contributed by atoms with Crippen LogP contribution in [0, 0.1) is 0 Å². The van der Waals surface area contributed by atoms with Gasteiger partial charge in [0.25, 0.3) is 0 Å². The monoisotopic (exact) mass is 318 g/mol. The van der Waals surface area contributed by atoms with Crippen LogP contribution in [0.25, 0.3) is 0 Å². The van der Waals surface area contributed by atoms with Crippen molar-refractivity contribution in [2.75, 3.05) is 0 Å². The van der Waals surface area contributed by atoms with Gasteiger partial charge in [-0.05, 0) is 22.8 Å². The maximum Gasteiger partial charge on any atom is 0.303 e. The summed E-state index contributed by atoms with van der Waals surface area (Å²) in [6.45, 7) is 0. The van der Waals surface area contributed by atoms with Crippen LogP contribution >= 0.6 is 11.1 Å². The van der Waals surface area contributed by atoms with Crippen molar-refractivity contribution in [1.82, 2.24) is 0 Å². The minimum absolute atomic E-state index is 0.213. The molecule has 0 unspecified atom stereocenters. The number of halogens is 1. The van der Waals surface area contributed by atoms with E-state index in [1.165, 1.54) is 10.4 Å². The lowest BCUT2D eigenvalue weighted by molar-refractivity contribution is -0.137. The highest BCUT2D eigenvalue weighted by Gasteiger charge is 2.34. The summed E-state index contributed by atoms with van der Waals surface area (Å²) in [6.07, 6.45) is 1.73. The molecule has 0 atom stereocenters. The first-order valence-corrected chi connectivity index (χ1v) is 10.4. The molecule has 4 heteroatoms. The highest BCUT2D eigenvalue weighted by molar-refractivity contribution is 7.34. The molecule has 2 rings (SSSR count). The molecule has 0 aromatic heterocycles. The van der Waals surface area contributed by atoms with Crippen molar-refractivity contribution in [1.29, 1.82) is 0 Å². The summed E-state index contributed by atoms with van der Waals surface area (Å²) in [6, 6.07) is 21.2. The topological polar surface area (TPSA) is 37.3 Å². The molecule has 2 nitrogen and oxygen atoms in total. The Morgan fingerprint density at radius 2 is 1.38 bits per heavy atom. The summed E-state index contributed by atoms with van der Waals surface area (Å²) in [5.41, 5.74) is 0. The zero-order chi connectivity index (χ0) is 15.1. The number of rotatable bonds is 7. The highest BCUT2D eigenvalue weighted by atomic mass is 35.6. The zero-order valence-corrected chi connectivity index (χ0v) is 13.6. The van der Waals surface area contributed by atoms with Gasteiger partial charge in [-0.25, -0.2) is 0 Å². The van der Waals surface area contributed by atoms with Gasteiger partial charge in [0.2, 0.25) is 7.38 Å². The van der Waals surface area contributed by atoms with Gasteiger partial charge in [-0.1, -0.05) is 67.1 Å². The van der Waals surface area contributed by atoms with Crippen LogP contribution in [0.3, 0.4) is 0 Å². The number of carboxylic acids is 1. The van der Waals surface area contributed by atoms with E-state index < -0.39 is 13.4 Å². The van der Waals surface area contributed by atoms with E-state index in [4.69, 9.17) is 16.2 Å². The highest BCUT2D eigenvalue weighted by Crippen LogP contribution is 2.20. The molecule has 0 bridgehead atoms. The van der Waals surface area contributed by atoms with E-state index >= 15 is 0 Å². The molecule has 0 spiro atoms. The van der Waals surface area contributed by atoms with Crippen molar-refractivity contribution < 1.29 is 9.90 Å². The number of aliphatic carboxylic acids is 1. The third-order valence-corrected chi connectivity index (χ3v) is 9.04. The van der Waals surface area contributed by atoms with Crippen LogP contribution < -0.4 is 10.4 Å². The quantitative estimate of drug-likeness (QED) is 0.483. The van der Waals surface area contributed by atoms with Crippen LogP contribution in [-0.2, 0) is 4.79 Å². The Kier molecular flexibility index (Phi) is 5.59. The van der Waals surface area contributed by atoms with Crippen molar-refractivity contribution in [2.45, 2.75) is 25.3 Å². The van der Waals surface area contributed by atoms with E-state index in [2.05, 4.69) is 24.3 Å². The van der Waals surface area contributed by atoms with Crippen LogP contribution in [0.4, 0.5) is 0 Å². The smallest absolute Gasteiger partial charge is 0.303 e. The molecule has 2 aromatic rings. The fraction of sp³-hybridized carbons (Fsp3) is 0.235. The van der Waals surface area contributed by atoms with Crippen molar-refractivity contribution in [3.8, 4) is 0 Å². The lowest BCUT2D eigenvalue weighted by atomic mass is 10.2. The molecule has 0 aliphatic carbocycles. The Hall–Kier alpha value is -1.58. The van der Waals surface area contributed by atoms with Crippen molar-refractivity contribution in [2.24, 2.45) is 0 Å². The molecule has 0 radical (unpaired) electrons. The van der Waals surface area contributed by atoms with Gasteiger partial charge in [0.05, 0.1) is 0 Å². The number of hydrogen-bond donors (Lipinski definition) is 1. The third kappa shape index (κ3) is 4.19. The predicted octanol–water partition coefficient (Wildman–Crippen LogP) is 3.24. The van der Waals surface area contributed by atoms with E-state index in [-0.39, 0.29) is 6.42 Å². The first-order chi connectivity index (χ1) is 10.1. The standard InChI is InChI=1S/C17H19ClO2Si/c18-21(14-8-7-13-17(19)20,15-9-3-1-4-10-15)16-11-5-2-6-12-16/h1-6,9-12H,7-8,13-14H2,(H,19,20). The summed E-state index contributed by atoms with van der Waals surface area (Å²) < 4.78 is 0. The fourth-order valence-corrected chi connectivity index (χ4v) is 6.75. The van der Waals surface area contributed by atoms with Crippen LogP contribution in [0.5, 0.6) is 0 Å². The Labute approximate surface area is 131 Å². The van der Waals surface area contributed by atoms with E-state index in [0.717, 1.165) is 12.5 Å².